The molecule has 2 aromatic rings. The average molecular weight is 499 g/mol. The Hall–Kier alpha value is -3.60. The first-order valence-electron chi connectivity index (χ1n) is 11.3. The number of nitrogens with zero attached hydrogens (tertiary/aromatic N) is 3. The third-order valence-corrected chi connectivity index (χ3v) is 5.98. The van der Waals surface area contributed by atoms with Crippen LogP contribution in [0.2, 0.25) is 0 Å². The molecule has 0 aliphatic carbocycles. The zero-order valence-corrected chi connectivity index (χ0v) is 20.2. The third kappa shape index (κ3) is 6.95. The predicted octanol–water partition coefficient (Wildman–Crippen LogP) is 4.23. The maximum absolute atomic E-state index is 12.1. The highest BCUT2D eigenvalue weighted by Crippen LogP contribution is 2.28. The Morgan fingerprint density at radius 2 is 1.97 bits per heavy atom. The molecular formula is C24H26N4O6S. The van der Waals surface area contributed by atoms with Crippen molar-refractivity contribution in [1.29, 1.82) is 0 Å². The molecule has 184 valence electrons. The summed E-state index contributed by atoms with van der Waals surface area (Å²) in [6, 6.07) is 8.68. The summed E-state index contributed by atoms with van der Waals surface area (Å²) in [6.45, 7) is 5.52. The molecule has 35 heavy (non-hydrogen) atoms. The molecule has 3 heterocycles. The molecule has 4 rings (SSSR count). The van der Waals surface area contributed by atoms with Crippen LogP contribution in [-0.4, -0.2) is 57.9 Å². The molecule has 1 aromatic carbocycles. The molecule has 10 nitrogen and oxygen atoms in total. The minimum Gasteiger partial charge on any atom is -0.474 e. The number of ether oxygens (including phenoxy) is 3. The van der Waals surface area contributed by atoms with Gasteiger partial charge in [0.15, 0.2) is 0 Å². The van der Waals surface area contributed by atoms with E-state index < -0.39 is 5.91 Å². The lowest BCUT2D eigenvalue weighted by Crippen LogP contribution is -2.42. The van der Waals surface area contributed by atoms with Crippen LogP contribution >= 0.6 is 11.8 Å². The first-order valence-corrected chi connectivity index (χ1v) is 12.1. The highest BCUT2D eigenvalue weighted by atomic mass is 32.2. The standard InChI is InChI=1S/C24H26N4O6S/c1-15(2)13-32-24(31)28-8-6-17(7-9-28)33-20-12-21(26-14-25-20)34-18-5-3-4-16(10-18)11-19-22(29)27-23(30)35-19/h3-5,10-12,14-15,17H,6-9,13H2,1-2H3,(H,27,29,30)/b19-11-. The summed E-state index contributed by atoms with van der Waals surface area (Å²) in [6.07, 6.45) is 3.95. The second kappa shape index (κ2) is 11.2. The molecule has 0 atom stereocenters. The van der Waals surface area contributed by atoms with E-state index >= 15 is 0 Å². The van der Waals surface area contributed by atoms with Gasteiger partial charge in [0.25, 0.3) is 11.1 Å². The number of likely N-dealkylation sites (tertiary alicyclic amines) is 1. The minimum atomic E-state index is -0.415. The number of carbonyl (C=O) groups is 3. The van der Waals surface area contributed by atoms with E-state index in [0.717, 1.165) is 11.8 Å². The second-order valence-electron chi connectivity index (χ2n) is 8.50. The number of piperidine rings is 1. The lowest BCUT2D eigenvalue weighted by Gasteiger charge is -2.31. The van der Waals surface area contributed by atoms with Crippen LogP contribution in [0, 0.1) is 5.92 Å². The normalized spacial score (nSPS) is 17.6. The number of carbonyl (C=O) groups excluding carboxylic acids is 3. The van der Waals surface area contributed by atoms with Gasteiger partial charge in [0.2, 0.25) is 11.8 Å². The molecule has 0 spiro atoms. The van der Waals surface area contributed by atoms with Crippen LogP contribution < -0.4 is 14.8 Å². The highest BCUT2D eigenvalue weighted by Gasteiger charge is 2.26. The molecule has 2 fully saturated rings. The summed E-state index contributed by atoms with van der Waals surface area (Å²) in [5.74, 6) is 1.07. The monoisotopic (exact) mass is 498 g/mol. The molecule has 1 aromatic heterocycles. The molecule has 1 N–H and O–H groups in total. The number of benzene rings is 1. The Kier molecular flexibility index (Phi) is 7.86. The minimum absolute atomic E-state index is 0.0837. The molecular weight excluding hydrogens is 472 g/mol. The van der Waals surface area contributed by atoms with Crippen molar-refractivity contribution in [1.82, 2.24) is 20.2 Å². The van der Waals surface area contributed by atoms with Crippen molar-refractivity contribution in [2.45, 2.75) is 32.8 Å². The molecule has 0 bridgehead atoms. The summed E-state index contributed by atoms with van der Waals surface area (Å²) >= 11 is 0.857. The van der Waals surface area contributed by atoms with Crippen molar-refractivity contribution in [3.8, 4) is 17.5 Å². The summed E-state index contributed by atoms with van der Waals surface area (Å²) in [5.41, 5.74) is 0.707. The van der Waals surface area contributed by atoms with E-state index in [9.17, 15) is 14.4 Å². The van der Waals surface area contributed by atoms with Gasteiger partial charge in [0.1, 0.15) is 18.2 Å². The lowest BCUT2D eigenvalue weighted by molar-refractivity contribution is -0.115. The SMILES string of the molecule is CC(C)COC(=O)N1CCC(Oc2cc(Oc3cccc(/C=C4\SC(=O)NC4=O)c3)ncn2)CC1. The van der Waals surface area contributed by atoms with Crippen LogP contribution in [0.3, 0.4) is 0 Å². The maximum Gasteiger partial charge on any atom is 0.409 e. The zero-order chi connectivity index (χ0) is 24.8. The molecule has 0 unspecified atom stereocenters. The van der Waals surface area contributed by atoms with Gasteiger partial charge in [-0.3, -0.25) is 14.9 Å². The fraction of sp³-hybridized carbons (Fsp3) is 0.375. The number of amides is 3. The molecule has 0 saturated carbocycles. The van der Waals surface area contributed by atoms with E-state index in [1.807, 2.05) is 13.8 Å². The Morgan fingerprint density at radius 1 is 1.20 bits per heavy atom. The van der Waals surface area contributed by atoms with Gasteiger partial charge in [0, 0.05) is 25.9 Å². The Labute approximate surface area is 207 Å². The van der Waals surface area contributed by atoms with Crippen LogP contribution in [-0.2, 0) is 9.53 Å². The van der Waals surface area contributed by atoms with Gasteiger partial charge >= 0.3 is 6.09 Å². The van der Waals surface area contributed by atoms with Crippen molar-refractivity contribution in [3.63, 3.8) is 0 Å². The van der Waals surface area contributed by atoms with Crippen molar-refractivity contribution in [2.75, 3.05) is 19.7 Å². The van der Waals surface area contributed by atoms with Crippen LogP contribution in [0.15, 0.2) is 41.6 Å². The zero-order valence-electron chi connectivity index (χ0n) is 19.4. The summed E-state index contributed by atoms with van der Waals surface area (Å²) < 4.78 is 17.1. The first kappa shape index (κ1) is 24.5. The fourth-order valence-electron chi connectivity index (χ4n) is 3.46. The van der Waals surface area contributed by atoms with Crippen molar-refractivity contribution in [3.05, 3.63) is 47.1 Å². The number of hydrogen-bond donors (Lipinski definition) is 1. The van der Waals surface area contributed by atoms with E-state index in [0.29, 0.717) is 66.4 Å². The van der Waals surface area contributed by atoms with E-state index in [4.69, 9.17) is 14.2 Å². The molecule has 2 aliphatic rings. The van der Waals surface area contributed by atoms with E-state index in [1.54, 1.807) is 41.3 Å². The van der Waals surface area contributed by atoms with Crippen molar-refractivity contribution < 1.29 is 28.6 Å². The Balaban J connectivity index is 1.32. The quantitative estimate of drug-likeness (QED) is 0.559. The summed E-state index contributed by atoms with van der Waals surface area (Å²) in [7, 11) is 0. The van der Waals surface area contributed by atoms with E-state index in [-0.39, 0.29) is 17.4 Å². The highest BCUT2D eigenvalue weighted by molar-refractivity contribution is 8.18. The van der Waals surface area contributed by atoms with E-state index in [1.165, 1.54) is 6.33 Å². The number of rotatable bonds is 7. The smallest absolute Gasteiger partial charge is 0.409 e. The average Bonchev–Trinajstić information content (AvgIpc) is 3.14. The van der Waals surface area contributed by atoms with Crippen LogP contribution in [0.1, 0.15) is 32.3 Å². The van der Waals surface area contributed by atoms with Gasteiger partial charge in [-0.1, -0.05) is 26.0 Å². The number of aromatic nitrogens is 2. The number of thioether (sulfide) groups is 1. The number of imide groups is 1. The van der Waals surface area contributed by atoms with Gasteiger partial charge in [-0.15, -0.1) is 0 Å². The largest absolute Gasteiger partial charge is 0.474 e. The van der Waals surface area contributed by atoms with Crippen LogP contribution in [0.5, 0.6) is 17.5 Å². The summed E-state index contributed by atoms with van der Waals surface area (Å²) in [5, 5.41) is 1.84. The van der Waals surface area contributed by atoms with Crippen LogP contribution in [0.4, 0.5) is 9.59 Å². The van der Waals surface area contributed by atoms with Gasteiger partial charge in [-0.25, -0.2) is 14.8 Å². The Morgan fingerprint density at radius 3 is 2.69 bits per heavy atom. The molecule has 2 saturated heterocycles. The van der Waals surface area contributed by atoms with Gasteiger partial charge < -0.3 is 19.1 Å². The Bertz CT molecular complexity index is 1130. The summed E-state index contributed by atoms with van der Waals surface area (Å²) in [4.78, 5) is 45.6. The molecule has 2 aliphatic heterocycles. The molecule has 11 heteroatoms. The topological polar surface area (TPSA) is 120 Å². The van der Waals surface area contributed by atoms with Gasteiger partial charge in [-0.2, -0.15) is 0 Å². The molecule has 0 radical (unpaired) electrons. The number of nitrogens with one attached hydrogen (secondary N) is 1. The van der Waals surface area contributed by atoms with E-state index in [2.05, 4.69) is 15.3 Å². The van der Waals surface area contributed by atoms with Crippen molar-refractivity contribution in [2.24, 2.45) is 5.92 Å². The second-order valence-corrected chi connectivity index (χ2v) is 9.51. The fourth-order valence-corrected chi connectivity index (χ4v) is 4.14. The van der Waals surface area contributed by atoms with Crippen LogP contribution in [0.25, 0.3) is 6.08 Å². The lowest BCUT2D eigenvalue weighted by atomic mass is 10.1. The van der Waals surface area contributed by atoms with Gasteiger partial charge in [0.05, 0.1) is 17.6 Å². The van der Waals surface area contributed by atoms with Crippen molar-refractivity contribution >= 4 is 35.1 Å². The van der Waals surface area contributed by atoms with Gasteiger partial charge in [-0.05, 0) is 41.5 Å². The maximum atomic E-state index is 12.1. The number of hydrogen-bond acceptors (Lipinski definition) is 9. The predicted molar refractivity (Wildman–Crippen MR) is 129 cm³/mol. The first-order chi connectivity index (χ1) is 16.9. The molecule has 3 amide bonds. The third-order valence-electron chi connectivity index (χ3n) is 5.16.